The Labute approximate surface area is 356 Å². The van der Waals surface area contributed by atoms with E-state index in [0.29, 0.717) is 28.1 Å². The van der Waals surface area contributed by atoms with E-state index in [1.165, 1.54) is 56.6 Å². The molecular weight excluding hydrogens is 772 g/mol. The number of aromatic nitrogens is 2. The highest BCUT2D eigenvalue weighted by atomic mass is 19.4. The fourth-order valence-corrected chi connectivity index (χ4v) is 11.3. The Balaban J connectivity index is 1.19. The Kier molecular flexibility index (Phi) is 7.28. The van der Waals surface area contributed by atoms with Crippen LogP contribution in [0, 0.1) is 11.3 Å². The highest BCUT2D eigenvalue weighted by molar-refractivity contribution is 6.16. The molecule has 12 rings (SSSR count). The van der Waals surface area contributed by atoms with Gasteiger partial charge in [0.2, 0.25) is 0 Å². The summed E-state index contributed by atoms with van der Waals surface area (Å²) in [6.45, 7) is 9.05. The van der Waals surface area contributed by atoms with E-state index >= 15 is 0 Å². The lowest BCUT2D eigenvalue weighted by Gasteiger charge is -2.23. The lowest BCUT2D eigenvalue weighted by molar-refractivity contribution is -0.137. The van der Waals surface area contributed by atoms with Gasteiger partial charge in [-0.1, -0.05) is 131 Å². The van der Waals surface area contributed by atoms with Gasteiger partial charge in [-0.25, -0.2) is 0 Å². The molecule has 0 N–H and O–H groups in total. The van der Waals surface area contributed by atoms with Gasteiger partial charge in [-0.05, 0) is 99.1 Å². The molecule has 298 valence electrons. The van der Waals surface area contributed by atoms with Gasteiger partial charge in [0.25, 0.3) is 0 Å². The van der Waals surface area contributed by atoms with Crippen molar-refractivity contribution in [2.75, 3.05) is 0 Å². The summed E-state index contributed by atoms with van der Waals surface area (Å²) in [5.74, 6) is 0. The molecule has 2 aliphatic rings. The Morgan fingerprint density at radius 3 is 1.47 bits per heavy atom. The van der Waals surface area contributed by atoms with Crippen molar-refractivity contribution >= 4 is 43.6 Å². The van der Waals surface area contributed by atoms with Gasteiger partial charge in [0, 0.05) is 43.5 Å². The Morgan fingerprint density at radius 2 is 0.935 bits per heavy atom. The third kappa shape index (κ3) is 4.71. The molecule has 2 heterocycles. The lowest BCUT2D eigenvalue weighted by Crippen LogP contribution is -2.15. The molecule has 2 aromatic heterocycles. The van der Waals surface area contributed by atoms with Crippen molar-refractivity contribution in [1.82, 2.24) is 9.13 Å². The Hall–Kier alpha value is -7.36. The predicted molar refractivity (Wildman–Crippen MR) is 245 cm³/mol. The monoisotopic (exact) mass is 809 g/mol. The van der Waals surface area contributed by atoms with Crippen LogP contribution in [-0.4, -0.2) is 9.13 Å². The van der Waals surface area contributed by atoms with Crippen LogP contribution in [0.1, 0.15) is 61.1 Å². The van der Waals surface area contributed by atoms with Crippen LogP contribution in [0.2, 0.25) is 0 Å². The van der Waals surface area contributed by atoms with Crippen molar-refractivity contribution in [2.45, 2.75) is 44.7 Å². The normalized spacial score (nSPS) is 14.6. The zero-order valence-corrected chi connectivity index (χ0v) is 34.5. The quantitative estimate of drug-likeness (QED) is 0.175. The summed E-state index contributed by atoms with van der Waals surface area (Å²) in [7, 11) is 0. The molecule has 0 saturated heterocycles. The first kappa shape index (κ1) is 36.5. The first-order valence-corrected chi connectivity index (χ1v) is 21.0. The van der Waals surface area contributed by atoms with Gasteiger partial charge in [-0.3, -0.25) is 0 Å². The van der Waals surface area contributed by atoms with E-state index < -0.39 is 11.7 Å². The minimum atomic E-state index is -4.61. The Morgan fingerprint density at radius 1 is 0.452 bits per heavy atom. The molecule has 62 heavy (non-hydrogen) atoms. The molecule has 2 aliphatic carbocycles. The second kappa shape index (κ2) is 12.4. The van der Waals surface area contributed by atoms with Crippen LogP contribution < -0.4 is 0 Å². The summed E-state index contributed by atoms with van der Waals surface area (Å²) >= 11 is 0. The zero-order valence-electron chi connectivity index (χ0n) is 34.5. The average molecular weight is 810 g/mol. The molecule has 0 spiro atoms. The molecule has 3 nitrogen and oxygen atoms in total. The summed E-state index contributed by atoms with van der Waals surface area (Å²) < 4.78 is 49.3. The molecule has 0 amide bonds. The smallest absolute Gasteiger partial charge is 0.309 e. The number of benzene rings is 8. The topological polar surface area (TPSA) is 33.6 Å². The van der Waals surface area contributed by atoms with Crippen LogP contribution in [0.3, 0.4) is 0 Å². The molecule has 0 unspecified atom stereocenters. The molecular formula is C56H38F3N3. The molecule has 0 aliphatic heterocycles. The molecule has 10 aromatic rings. The molecule has 0 bridgehead atoms. The number of hydrogen-bond acceptors (Lipinski definition) is 1. The summed E-state index contributed by atoms with van der Waals surface area (Å²) in [5.41, 5.74) is 14.6. The van der Waals surface area contributed by atoms with Crippen LogP contribution in [0.15, 0.2) is 158 Å². The third-order valence-electron chi connectivity index (χ3n) is 13.9. The number of nitrogens with zero attached hydrogens (tertiary/aromatic N) is 3. The maximum atomic E-state index is 15.0. The highest BCUT2D eigenvalue weighted by Gasteiger charge is 2.40. The number of rotatable bonds is 3. The number of alkyl halides is 3. The van der Waals surface area contributed by atoms with Crippen LogP contribution in [0.25, 0.3) is 88.4 Å². The first-order chi connectivity index (χ1) is 29.9. The minimum absolute atomic E-state index is 0.321. The van der Waals surface area contributed by atoms with Gasteiger partial charge in [-0.15, -0.1) is 0 Å². The number of para-hydroxylation sites is 2. The first-order valence-electron chi connectivity index (χ1n) is 21.0. The second-order valence-corrected chi connectivity index (χ2v) is 17.9. The predicted octanol–water partition coefficient (Wildman–Crippen LogP) is 15.1. The molecule has 0 radical (unpaired) electrons. The van der Waals surface area contributed by atoms with Gasteiger partial charge < -0.3 is 9.13 Å². The van der Waals surface area contributed by atoms with Crippen LogP contribution in [0.4, 0.5) is 13.2 Å². The average Bonchev–Trinajstić information content (AvgIpc) is 3.94. The van der Waals surface area contributed by atoms with E-state index in [1.807, 2.05) is 36.4 Å². The molecule has 0 saturated carbocycles. The molecule has 6 heteroatoms. The lowest BCUT2D eigenvalue weighted by atomic mass is 9.80. The van der Waals surface area contributed by atoms with Gasteiger partial charge in [0.15, 0.2) is 0 Å². The van der Waals surface area contributed by atoms with E-state index in [2.05, 4.69) is 140 Å². The van der Waals surface area contributed by atoms with Crippen molar-refractivity contribution < 1.29 is 13.2 Å². The van der Waals surface area contributed by atoms with Crippen molar-refractivity contribution in [3.05, 3.63) is 191 Å². The van der Waals surface area contributed by atoms with E-state index in [4.69, 9.17) is 0 Å². The molecule has 0 atom stereocenters. The van der Waals surface area contributed by atoms with Gasteiger partial charge in [0.1, 0.15) is 0 Å². The van der Waals surface area contributed by atoms with E-state index in [-0.39, 0.29) is 10.8 Å². The molecule has 8 aromatic carbocycles. The fourth-order valence-electron chi connectivity index (χ4n) is 11.3. The van der Waals surface area contributed by atoms with Gasteiger partial charge in [0.05, 0.1) is 50.6 Å². The third-order valence-corrected chi connectivity index (χ3v) is 13.9. The Bertz CT molecular complexity index is 3640. The number of nitriles is 1. The van der Waals surface area contributed by atoms with Crippen LogP contribution in [0.5, 0.6) is 0 Å². The van der Waals surface area contributed by atoms with Crippen LogP contribution >= 0.6 is 0 Å². The summed E-state index contributed by atoms with van der Waals surface area (Å²) in [6, 6.07) is 54.0. The van der Waals surface area contributed by atoms with Crippen molar-refractivity contribution in [1.29, 1.82) is 5.26 Å². The number of fused-ring (bicyclic) bond motifs is 14. The maximum Gasteiger partial charge on any atom is 0.416 e. The van der Waals surface area contributed by atoms with E-state index in [0.717, 1.165) is 43.6 Å². The molecule has 0 fully saturated rings. The van der Waals surface area contributed by atoms with Crippen molar-refractivity contribution in [2.24, 2.45) is 0 Å². The largest absolute Gasteiger partial charge is 0.416 e. The summed E-state index contributed by atoms with van der Waals surface area (Å²) in [5, 5.41) is 14.7. The zero-order chi connectivity index (χ0) is 42.4. The highest BCUT2D eigenvalue weighted by Crippen LogP contribution is 2.55. The SMILES string of the molecule is CC1(C)c2ccccc2-c2ccc3c(c21)c1ccccc1n3-c1ccc(C(F)(F)F)cc1-c1ccc(C#N)cc1-n1c2ccccc2c2c3c(ccc21)-c1ccccc1C3(C)C. The summed E-state index contributed by atoms with van der Waals surface area (Å²) in [6.07, 6.45) is -4.61. The minimum Gasteiger partial charge on any atom is -0.309 e. The van der Waals surface area contributed by atoms with Crippen molar-refractivity contribution in [3.8, 4) is 50.8 Å². The van der Waals surface area contributed by atoms with E-state index in [1.54, 1.807) is 12.1 Å². The standard InChI is InChI=1S/C56H38F3N3/c1-54(2)42-17-9-5-13-34(42)37-24-27-47-50(52(37)54)39-15-7-11-19-44(39)61(47)46-26-22-33(56(57,58)59)30-41(46)36-23-21-32(31-60)29-49(36)62-45-20-12-8-16-40(45)51-48(62)28-25-38-35-14-6-10-18-43(35)55(3,4)53(38)51/h5-30H,1-4H3. The van der Waals surface area contributed by atoms with Crippen molar-refractivity contribution in [3.63, 3.8) is 0 Å². The number of halogens is 3. The van der Waals surface area contributed by atoms with Gasteiger partial charge in [-0.2, -0.15) is 18.4 Å². The van der Waals surface area contributed by atoms with Gasteiger partial charge >= 0.3 is 6.18 Å². The fraction of sp³-hybridized carbons (Fsp3) is 0.125. The van der Waals surface area contributed by atoms with E-state index in [9.17, 15) is 18.4 Å². The maximum absolute atomic E-state index is 15.0. The number of hydrogen-bond donors (Lipinski definition) is 0. The summed E-state index contributed by atoms with van der Waals surface area (Å²) in [4.78, 5) is 0. The second-order valence-electron chi connectivity index (χ2n) is 17.9. The van der Waals surface area contributed by atoms with Crippen LogP contribution in [-0.2, 0) is 17.0 Å².